The summed E-state index contributed by atoms with van der Waals surface area (Å²) in [6.45, 7) is 0. The van der Waals surface area contributed by atoms with Crippen LogP contribution in [0.15, 0.2) is 72.8 Å². The first-order chi connectivity index (χ1) is 10.8. The molecular formula is C19H14N2O. The fraction of sp³-hybridized carbons (Fsp3) is 0. The molecule has 0 radical (unpaired) electrons. The first kappa shape index (κ1) is 12.7. The molecule has 0 aliphatic rings. The van der Waals surface area contributed by atoms with Crippen LogP contribution < -0.4 is 5.73 Å². The number of hydrogen-bond donors (Lipinski definition) is 1. The molecule has 3 aromatic carbocycles. The number of benzene rings is 3. The molecule has 0 bridgehead atoms. The summed E-state index contributed by atoms with van der Waals surface area (Å²) >= 11 is 0. The number of nitrogens with two attached hydrogens (primary N) is 1. The molecule has 0 aliphatic heterocycles. The lowest BCUT2D eigenvalue weighted by atomic mass is 10.2. The van der Waals surface area contributed by atoms with Gasteiger partial charge in [-0.2, -0.15) is 0 Å². The largest absolute Gasteiger partial charge is 0.366 e. The standard InChI is InChI=1S/C19H14N2O/c20-19(22)13-9-11-14(12-10-13)21-17-7-3-1-5-15(17)16-6-2-4-8-18(16)21/h1-12H,(H2,20,22). The van der Waals surface area contributed by atoms with E-state index in [9.17, 15) is 4.79 Å². The highest BCUT2D eigenvalue weighted by molar-refractivity contribution is 6.09. The maximum atomic E-state index is 11.2. The Hall–Kier alpha value is -3.07. The third-order valence-corrected chi connectivity index (χ3v) is 3.99. The molecule has 3 heteroatoms. The van der Waals surface area contributed by atoms with Crippen molar-refractivity contribution in [2.24, 2.45) is 5.73 Å². The lowest BCUT2D eigenvalue weighted by molar-refractivity contribution is 0.100. The Bertz CT molecular complexity index is 944. The van der Waals surface area contributed by atoms with Crippen LogP contribution in [0.1, 0.15) is 10.4 Å². The van der Waals surface area contributed by atoms with E-state index in [4.69, 9.17) is 5.73 Å². The number of aromatic nitrogens is 1. The first-order valence-electron chi connectivity index (χ1n) is 7.14. The van der Waals surface area contributed by atoms with Gasteiger partial charge in [-0.3, -0.25) is 4.79 Å². The Labute approximate surface area is 127 Å². The minimum absolute atomic E-state index is 0.409. The molecule has 106 valence electrons. The van der Waals surface area contributed by atoms with Crippen LogP contribution >= 0.6 is 0 Å². The summed E-state index contributed by atoms with van der Waals surface area (Å²) < 4.78 is 2.20. The van der Waals surface area contributed by atoms with E-state index in [1.165, 1.54) is 10.8 Å². The number of amides is 1. The lowest BCUT2D eigenvalue weighted by Crippen LogP contribution is -2.10. The van der Waals surface area contributed by atoms with Crippen molar-refractivity contribution in [1.82, 2.24) is 4.57 Å². The van der Waals surface area contributed by atoms with E-state index in [1.54, 1.807) is 12.1 Å². The Morgan fingerprint density at radius 2 is 1.23 bits per heavy atom. The Balaban J connectivity index is 2.06. The SMILES string of the molecule is NC(=O)c1ccc(-n2c3ccccc3c3ccccc32)cc1. The molecule has 0 aliphatic carbocycles. The minimum Gasteiger partial charge on any atom is -0.366 e. The van der Waals surface area contributed by atoms with Crippen LogP contribution in [0.25, 0.3) is 27.5 Å². The Morgan fingerprint density at radius 3 is 1.73 bits per heavy atom. The molecule has 1 heterocycles. The van der Waals surface area contributed by atoms with Gasteiger partial charge in [0.25, 0.3) is 0 Å². The maximum Gasteiger partial charge on any atom is 0.248 e. The number of para-hydroxylation sites is 2. The number of hydrogen-bond acceptors (Lipinski definition) is 1. The summed E-state index contributed by atoms with van der Waals surface area (Å²) in [5.41, 5.74) is 9.15. The van der Waals surface area contributed by atoms with Gasteiger partial charge in [-0.05, 0) is 36.4 Å². The van der Waals surface area contributed by atoms with E-state index >= 15 is 0 Å². The van der Waals surface area contributed by atoms with Crippen LogP contribution in [-0.4, -0.2) is 10.5 Å². The van der Waals surface area contributed by atoms with Gasteiger partial charge in [0, 0.05) is 22.0 Å². The van der Waals surface area contributed by atoms with Crippen molar-refractivity contribution in [3.05, 3.63) is 78.4 Å². The second kappa shape index (κ2) is 4.74. The van der Waals surface area contributed by atoms with Gasteiger partial charge in [0.1, 0.15) is 0 Å². The van der Waals surface area contributed by atoms with Gasteiger partial charge < -0.3 is 10.3 Å². The number of nitrogens with zero attached hydrogens (tertiary/aromatic N) is 1. The van der Waals surface area contributed by atoms with Crippen molar-refractivity contribution in [1.29, 1.82) is 0 Å². The number of carbonyl (C=O) groups excluding carboxylic acids is 1. The van der Waals surface area contributed by atoms with Crippen LogP contribution in [0.5, 0.6) is 0 Å². The number of rotatable bonds is 2. The third-order valence-electron chi connectivity index (χ3n) is 3.99. The second-order valence-electron chi connectivity index (χ2n) is 5.28. The molecule has 2 N–H and O–H groups in total. The smallest absolute Gasteiger partial charge is 0.248 e. The van der Waals surface area contributed by atoms with Gasteiger partial charge in [0.2, 0.25) is 5.91 Å². The lowest BCUT2D eigenvalue weighted by Gasteiger charge is -2.08. The van der Waals surface area contributed by atoms with E-state index in [1.807, 2.05) is 24.3 Å². The predicted octanol–water partition coefficient (Wildman–Crippen LogP) is 3.88. The minimum atomic E-state index is -0.409. The number of primary amides is 1. The van der Waals surface area contributed by atoms with Crippen LogP contribution in [0.3, 0.4) is 0 Å². The molecule has 4 rings (SSSR count). The van der Waals surface area contributed by atoms with Gasteiger partial charge in [0.05, 0.1) is 11.0 Å². The number of fused-ring (bicyclic) bond motifs is 3. The average Bonchev–Trinajstić information content (AvgIpc) is 2.89. The highest BCUT2D eigenvalue weighted by atomic mass is 16.1. The van der Waals surface area contributed by atoms with Crippen molar-refractivity contribution >= 4 is 27.7 Å². The quantitative estimate of drug-likeness (QED) is 0.597. The molecule has 3 nitrogen and oxygen atoms in total. The molecule has 0 saturated heterocycles. The normalized spacial score (nSPS) is 11.1. The molecule has 22 heavy (non-hydrogen) atoms. The summed E-state index contributed by atoms with van der Waals surface area (Å²) in [4.78, 5) is 11.2. The highest BCUT2D eigenvalue weighted by Gasteiger charge is 2.11. The Kier molecular flexibility index (Phi) is 2.73. The first-order valence-corrected chi connectivity index (χ1v) is 7.14. The van der Waals surface area contributed by atoms with E-state index in [2.05, 4.69) is 41.0 Å². The van der Waals surface area contributed by atoms with Crippen LogP contribution in [-0.2, 0) is 0 Å². The molecule has 0 fully saturated rings. The van der Waals surface area contributed by atoms with Gasteiger partial charge >= 0.3 is 0 Å². The molecule has 0 unspecified atom stereocenters. The fourth-order valence-electron chi connectivity index (χ4n) is 2.98. The molecule has 1 aromatic heterocycles. The molecule has 1 amide bonds. The van der Waals surface area contributed by atoms with Gasteiger partial charge in [-0.25, -0.2) is 0 Å². The highest BCUT2D eigenvalue weighted by Crippen LogP contribution is 2.31. The van der Waals surface area contributed by atoms with E-state index in [0.717, 1.165) is 16.7 Å². The molecule has 4 aromatic rings. The van der Waals surface area contributed by atoms with E-state index in [0.29, 0.717) is 5.56 Å². The maximum absolute atomic E-state index is 11.2. The van der Waals surface area contributed by atoms with E-state index < -0.39 is 5.91 Å². The zero-order valence-corrected chi connectivity index (χ0v) is 11.9. The zero-order valence-electron chi connectivity index (χ0n) is 11.9. The van der Waals surface area contributed by atoms with Crippen molar-refractivity contribution in [3.8, 4) is 5.69 Å². The third kappa shape index (κ3) is 1.79. The van der Waals surface area contributed by atoms with Gasteiger partial charge in [0.15, 0.2) is 0 Å². The van der Waals surface area contributed by atoms with Crippen molar-refractivity contribution < 1.29 is 4.79 Å². The summed E-state index contributed by atoms with van der Waals surface area (Å²) in [5.74, 6) is -0.409. The monoisotopic (exact) mass is 286 g/mol. The molecular weight excluding hydrogens is 272 g/mol. The van der Waals surface area contributed by atoms with Crippen molar-refractivity contribution in [3.63, 3.8) is 0 Å². The summed E-state index contributed by atoms with van der Waals surface area (Å²) in [5, 5.41) is 2.44. The number of carbonyl (C=O) groups is 1. The van der Waals surface area contributed by atoms with Crippen molar-refractivity contribution in [2.45, 2.75) is 0 Å². The van der Waals surface area contributed by atoms with Crippen molar-refractivity contribution in [2.75, 3.05) is 0 Å². The van der Waals surface area contributed by atoms with Crippen LogP contribution in [0.4, 0.5) is 0 Å². The Morgan fingerprint density at radius 1 is 0.727 bits per heavy atom. The summed E-state index contributed by atoms with van der Waals surface area (Å²) in [6, 6.07) is 24.0. The topological polar surface area (TPSA) is 48.0 Å². The second-order valence-corrected chi connectivity index (χ2v) is 5.28. The molecule has 0 spiro atoms. The fourth-order valence-corrected chi connectivity index (χ4v) is 2.98. The summed E-state index contributed by atoms with van der Waals surface area (Å²) in [6.07, 6.45) is 0. The summed E-state index contributed by atoms with van der Waals surface area (Å²) in [7, 11) is 0. The average molecular weight is 286 g/mol. The molecule has 0 saturated carbocycles. The zero-order chi connectivity index (χ0) is 15.1. The van der Waals surface area contributed by atoms with Gasteiger partial charge in [-0.15, -0.1) is 0 Å². The predicted molar refractivity (Wildman–Crippen MR) is 89.3 cm³/mol. The van der Waals surface area contributed by atoms with E-state index in [-0.39, 0.29) is 0 Å². The molecule has 0 atom stereocenters. The van der Waals surface area contributed by atoms with Crippen LogP contribution in [0.2, 0.25) is 0 Å². The van der Waals surface area contributed by atoms with Gasteiger partial charge in [-0.1, -0.05) is 36.4 Å². The van der Waals surface area contributed by atoms with Crippen LogP contribution in [0, 0.1) is 0 Å².